The van der Waals surface area contributed by atoms with Gasteiger partial charge in [0.15, 0.2) is 0 Å². The summed E-state index contributed by atoms with van der Waals surface area (Å²) < 4.78 is 0. The molecule has 0 amide bonds. The second-order valence-corrected chi connectivity index (χ2v) is 6.32. The van der Waals surface area contributed by atoms with Crippen molar-refractivity contribution in [3.8, 4) is 0 Å². The summed E-state index contributed by atoms with van der Waals surface area (Å²) >= 11 is 0. The van der Waals surface area contributed by atoms with Crippen LogP contribution in [0.25, 0.3) is 0 Å². The fourth-order valence-corrected chi connectivity index (χ4v) is 3.91. The van der Waals surface area contributed by atoms with Gasteiger partial charge < -0.3 is 5.32 Å². The normalized spacial score (nSPS) is 20.2. The molecule has 1 N–H and O–H groups in total. The molecule has 1 rings (SSSR count). The molecule has 0 radical (unpaired) electrons. The van der Waals surface area contributed by atoms with Crippen LogP contribution in [0.15, 0.2) is 0 Å². The summed E-state index contributed by atoms with van der Waals surface area (Å²) in [5, 5.41) is 3.64. The van der Waals surface area contributed by atoms with E-state index in [-0.39, 0.29) is 0 Å². The summed E-state index contributed by atoms with van der Waals surface area (Å²) in [7, 11) is 2.18. The molecule has 0 heterocycles. The Balaban J connectivity index is 2.24. The van der Waals surface area contributed by atoms with E-state index in [4.69, 9.17) is 0 Å². The molecule has 1 fully saturated rings. The molecule has 1 heteroatoms. The Labute approximate surface area is 115 Å². The van der Waals surface area contributed by atoms with Crippen LogP contribution in [-0.2, 0) is 0 Å². The Morgan fingerprint density at radius 1 is 0.944 bits per heavy atom. The zero-order chi connectivity index (χ0) is 13.3. The summed E-state index contributed by atoms with van der Waals surface area (Å²) in [4.78, 5) is 0. The summed E-state index contributed by atoms with van der Waals surface area (Å²) in [6, 6.07) is 0.774. The molecule has 1 atom stereocenters. The first-order valence-electron chi connectivity index (χ1n) is 8.46. The van der Waals surface area contributed by atoms with Crippen LogP contribution in [-0.4, -0.2) is 13.1 Å². The summed E-state index contributed by atoms with van der Waals surface area (Å²) in [6.45, 7) is 4.69. The van der Waals surface area contributed by atoms with Gasteiger partial charge in [-0.05, 0) is 38.1 Å². The molecule has 0 aromatic carbocycles. The van der Waals surface area contributed by atoms with E-state index in [1.165, 1.54) is 77.0 Å². The predicted octanol–water partition coefficient (Wildman–Crippen LogP) is 5.30. The van der Waals surface area contributed by atoms with Crippen molar-refractivity contribution >= 4 is 0 Å². The lowest BCUT2D eigenvalue weighted by molar-refractivity contribution is 0.181. The van der Waals surface area contributed by atoms with Gasteiger partial charge in [-0.15, -0.1) is 0 Å². The van der Waals surface area contributed by atoms with Crippen molar-refractivity contribution < 1.29 is 0 Å². The van der Waals surface area contributed by atoms with Crippen molar-refractivity contribution in [2.24, 2.45) is 5.41 Å². The third-order valence-electron chi connectivity index (χ3n) is 5.24. The van der Waals surface area contributed by atoms with Crippen LogP contribution in [0.2, 0.25) is 0 Å². The molecular weight excluding hydrogens is 218 g/mol. The molecule has 1 saturated carbocycles. The van der Waals surface area contributed by atoms with E-state index in [0.717, 1.165) is 6.04 Å². The molecular formula is C17H35N. The van der Waals surface area contributed by atoms with Crippen molar-refractivity contribution in [3.05, 3.63) is 0 Å². The van der Waals surface area contributed by atoms with Crippen LogP contribution in [0, 0.1) is 5.41 Å². The second-order valence-electron chi connectivity index (χ2n) is 6.32. The number of unbranched alkanes of at least 4 members (excludes halogenated alkanes) is 5. The molecule has 0 aromatic rings. The lowest BCUT2D eigenvalue weighted by Gasteiger charge is -2.37. The van der Waals surface area contributed by atoms with Crippen LogP contribution in [0.4, 0.5) is 0 Å². The maximum absolute atomic E-state index is 3.64. The van der Waals surface area contributed by atoms with E-state index < -0.39 is 0 Å². The highest BCUT2D eigenvalue weighted by molar-refractivity contribution is 4.93. The molecule has 1 nitrogen and oxygen atoms in total. The minimum Gasteiger partial charge on any atom is -0.316 e. The van der Waals surface area contributed by atoms with Gasteiger partial charge in [-0.1, -0.05) is 65.2 Å². The maximum Gasteiger partial charge on any atom is 0.0120 e. The SMILES string of the molecule is CCCCCCCCC(NC)C1(CC)CCCC1. The molecule has 0 aromatic heterocycles. The Bertz CT molecular complexity index is 194. The van der Waals surface area contributed by atoms with Crippen molar-refractivity contribution in [1.29, 1.82) is 0 Å². The predicted molar refractivity (Wildman–Crippen MR) is 82.0 cm³/mol. The van der Waals surface area contributed by atoms with Crippen molar-refractivity contribution in [3.63, 3.8) is 0 Å². The fraction of sp³-hybridized carbons (Fsp3) is 1.00. The number of nitrogens with one attached hydrogen (secondary N) is 1. The maximum atomic E-state index is 3.64. The minimum atomic E-state index is 0.637. The van der Waals surface area contributed by atoms with Crippen molar-refractivity contribution in [2.45, 2.75) is 96.9 Å². The fourth-order valence-electron chi connectivity index (χ4n) is 3.91. The van der Waals surface area contributed by atoms with Gasteiger partial charge in [-0.2, -0.15) is 0 Å². The number of hydrogen-bond donors (Lipinski definition) is 1. The lowest BCUT2D eigenvalue weighted by atomic mass is 9.74. The molecule has 1 unspecified atom stereocenters. The third-order valence-corrected chi connectivity index (χ3v) is 5.24. The Kier molecular flexibility index (Phi) is 7.97. The van der Waals surface area contributed by atoms with Gasteiger partial charge >= 0.3 is 0 Å². The molecule has 0 spiro atoms. The Morgan fingerprint density at radius 2 is 1.56 bits per heavy atom. The first-order chi connectivity index (χ1) is 8.79. The van der Waals surface area contributed by atoms with Gasteiger partial charge in [0, 0.05) is 6.04 Å². The monoisotopic (exact) mass is 253 g/mol. The summed E-state index contributed by atoms with van der Waals surface area (Å²) in [6.07, 6.45) is 17.2. The average Bonchev–Trinajstić information content (AvgIpc) is 2.88. The van der Waals surface area contributed by atoms with Crippen molar-refractivity contribution in [1.82, 2.24) is 5.32 Å². The lowest BCUT2D eigenvalue weighted by Crippen LogP contribution is -2.41. The molecule has 18 heavy (non-hydrogen) atoms. The highest BCUT2D eigenvalue weighted by Gasteiger charge is 2.38. The number of rotatable bonds is 10. The molecule has 0 bridgehead atoms. The van der Waals surface area contributed by atoms with Gasteiger partial charge in [0.25, 0.3) is 0 Å². The number of hydrogen-bond acceptors (Lipinski definition) is 1. The van der Waals surface area contributed by atoms with Crippen molar-refractivity contribution in [2.75, 3.05) is 7.05 Å². The smallest absolute Gasteiger partial charge is 0.0120 e. The van der Waals surface area contributed by atoms with Gasteiger partial charge in [-0.25, -0.2) is 0 Å². The van der Waals surface area contributed by atoms with Crippen LogP contribution in [0.3, 0.4) is 0 Å². The van der Waals surface area contributed by atoms with E-state index in [1.54, 1.807) is 0 Å². The average molecular weight is 253 g/mol. The second kappa shape index (κ2) is 8.96. The largest absolute Gasteiger partial charge is 0.316 e. The van der Waals surface area contributed by atoms with E-state index in [9.17, 15) is 0 Å². The van der Waals surface area contributed by atoms with Crippen LogP contribution in [0.5, 0.6) is 0 Å². The van der Waals surface area contributed by atoms with Crippen LogP contribution >= 0.6 is 0 Å². The Hall–Kier alpha value is -0.0400. The highest BCUT2D eigenvalue weighted by Crippen LogP contribution is 2.45. The van der Waals surface area contributed by atoms with E-state index >= 15 is 0 Å². The third kappa shape index (κ3) is 4.57. The van der Waals surface area contributed by atoms with Gasteiger partial charge in [-0.3, -0.25) is 0 Å². The van der Waals surface area contributed by atoms with Crippen LogP contribution < -0.4 is 5.32 Å². The van der Waals surface area contributed by atoms with Crippen LogP contribution in [0.1, 0.15) is 90.9 Å². The zero-order valence-electron chi connectivity index (χ0n) is 13.1. The first-order valence-corrected chi connectivity index (χ1v) is 8.46. The molecule has 1 aliphatic carbocycles. The molecule has 1 aliphatic rings. The first kappa shape index (κ1) is 16.0. The van der Waals surface area contributed by atoms with Gasteiger partial charge in [0.1, 0.15) is 0 Å². The van der Waals surface area contributed by atoms with Gasteiger partial charge in [0.05, 0.1) is 0 Å². The standard InChI is InChI=1S/C17H35N/c1-4-6-7-8-9-10-13-16(18-3)17(5-2)14-11-12-15-17/h16,18H,4-15H2,1-3H3. The van der Waals surface area contributed by atoms with E-state index in [0.29, 0.717) is 5.41 Å². The van der Waals surface area contributed by atoms with Gasteiger partial charge in [0.2, 0.25) is 0 Å². The quantitative estimate of drug-likeness (QED) is 0.521. The topological polar surface area (TPSA) is 12.0 Å². The molecule has 0 saturated heterocycles. The molecule has 0 aliphatic heterocycles. The zero-order valence-corrected chi connectivity index (χ0v) is 13.1. The Morgan fingerprint density at radius 3 is 2.11 bits per heavy atom. The highest BCUT2D eigenvalue weighted by atomic mass is 14.9. The summed E-state index contributed by atoms with van der Waals surface area (Å²) in [5.41, 5.74) is 0.637. The summed E-state index contributed by atoms with van der Waals surface area (Å²) in [5.74, 6) is 0. The molecule has 108 valence electrons. The van der Waals surface area contributed by atoms with E-state index in [1.807, 2.05) is 0 Å². The van der Waals surface area contributed by atoms with E-state index in [2.05, 4.69) is 26.2 Å². The minimum absolute atomic E-state index is 0.637.